The van der Waals surface area contributed by atoms with Crippen molar-refractivity contribution in [1.82, 2.24) is 14.4 Å². The van der Waals surface area contributed by atoms with Crippen LogP contribution in [0.2, 0.25) is 0 Å². The molecule has 1 aliphatic rings. The topological polar surface area (TPSA) is 114 Å². The number of imidazole rings is 1. The minimum absolute atomic E-state index is 0.0950. The van der Waals surface area contributed by atoms with E-state index in [0.717, 1.165) is 15.8 Å². The van der Waals surface area contributed by atoms with Crippen molar-refractivity contribution in [3.05, 3.63) is 86.2 Å². The van der Waals surface area contributed by atoms with E-state index in [2.05, 4.69) is 25.9 Å². The number of nitrogens with zero attached hydrogens (tertiary/aromatic N) is 4. The van der Waals surface area contributed by atoms with Gasteiger partial charge in [0.25, 0.3) is 5.78 Å². The first-order valence-corrected chi connectivity index (χ1v) is 13.0. The number of ketones is 1. The van der Waals surface area contributed by atoms with Crippen LogP contribution < -0.4 is 4.90 Å². The number of pyridine rings is 1. The Labute approximate surface area is 224 Å². The van der Waals surface area contributed by atoms with Gasteiger partial charge in [-0.15, -0.1) is 0 Å². The summed E-state index contributed by atoms with van der Waals surface area (Å²) in [6.07, 6.45) is 1.73. The largest absolute Gasteiger partial charge is 0.505 e. The number of carbonyl (C=O) groups excluding carboxylic acids is 3. The maximum Gasteiger partial charge on any atom is 0.350 e. The summed E-state index contributed by atoms with van der Waals surface area (Å²) in [6, 6.07) is 11.5. The summed E-state index contributed by atoms with van der Waals surface area (Å²) in [5.41, 5.74) is 2.26. The van der Waals surface area contributed by atoms with Crippen LogP contribution in [0.25, 0.3) is 11.4 Å². The van der Waals surface area contributed by atoms with Crippen molar-refractivity contribution in [2.45, 2.75) is 26.8 Å². The number of aliphatic hydroxyl groups excluding tert-OH is 1. The van der Waals surface area contributed by atoms with Crippen LogP contribution in [-0.4, -0.2) is 43.7 Å². The molecule has 11 heteroatoms. The van der Waals surface area contributed by atoms with Gasteiger partial charge in [0.2, 0.25) is 0 Å². The SMILES string of the molecule is CCOC(=O)c1sc(N2C(=O)C(=O)C(=C(O)c3c(C)nc4ccccn34)C2c2cccc(Br)c2)nc1C. The van der Waals surface area contributed by atoms with Crippen LogP contribution in [0.1, 0.15) is 45.3 Å². The zero-order valence-electron chi connectivity index (χ0n) is 20.1. The molecule has 4 heterocycles. The normalized spacial score (nSPS) is 17.1. The van der Waals surface area contributed by atoms with Crippen LogP contribution >= 0.6 is 27.3 Å². The molecule has 1 saturated heterocycles. The van der Waals surface area contributed by atoms with Crippen molar-refractivity contribution in [3.8, 4) is 0 Å². The molecule has 0 saturated carbocycles. The monoisotopic (exact) mass is 580 g/mol. The lowest BCUT2D eigenvalue weighted by atomic mass is 9.96. The highest BCUT2D eigenvalue weighted by atomic mass is 79.9. The van der Waals surface area contributed by atoms with Crippen molar-refractivity contribution in [2.75, 3.05) is 11.5 Å². The summed E-state index contributed by atoms with van der Waals surface area (Å²) >= 11 is 4.42. The average molecular weight is 581 g/mol. The third-order valence-corrected chi connectivity index (χ3v) is 7.62. The molecule has 1 aromatic carbocycles. The zero-order valence-corrected chi connectivity index (χ0v) is 22.5. The fraction of sp³-hybridized carbons (Fsp3) is 0.192. The quantitative estimate of drug-likeness (QED) is 0.153. The summed E-state index contributed by atoms with van der Waals surface area (Å²) in [5.74, 6) is -2.62. The van der Waals surface area contributed by atoms with Crippen LogP contribution in [0.3, 0.4) is 0 Å². The summed E-state index contributed by atoms with van der Waals surface area (Å²) < 4.78 is 7.51. The molecule has 188 valence electrons. The molecule has 4 aromatic rings. The number of aromatic nitrogens is 3. The smallest absolute Gasteiger partial charge is 0.350 e. The number of halogens is 1. The van der Waals surface area contributed by atoms with Gasteiger partial charge in [-0.3, -0.25) is 18.9 Å². The Morgan fingerprint density at radius 1 is 1.14 bits per heavy atom. The first-order chi connectivity index (χ1) is 17.7. The number of hydrogen-bond acceptors (Lipinski definition) is 8. The van der Waals surface area contributed by atoms with E-state index in [1.54, 1.807) is 61.7 Å². The van der Waals surface area contributed by atoms with Crippen LogP contribution in [-0.2, 0) is 14.3 Å². The Morgan fingerprint density at radius 2 is 1.92 bits per heavy atom. The molecular formula is C26H21BrN4O5S. The molecule has 0 spiro atoms. The number of aryl methyl sites for hydroxylation is 2. The summed E-state index contributed by atoms with van der Waals surface area (Å²) in [4.78, 5) is 49.8. The fourth-order valence-corrected chi connectivity index (χ4v) is 5.82. The number of esters is 1. The van der Waals surface area contributed by atoms with Crippen LogP contribution in [0.5, 0.6) is 0 Å². The molecule has 0 radical (unpaired) electrons. The number of carbonyl (C=O) groups is 3. The van der Waals surface area contributed by atoms with E-state index in [-0.39, 0.29) is 27.9 Å². The molecule has 37 heavy (non-hydrogen) atoms. The van der Waals surface area contributed by atoms with Gasteiger partial charge < -0.3 is 9.84 Å². The van der Waals surface area contributed by atoms with Gasteiger partial charge >= 0.3 is 11.9 Å². The third-order valence-electron chi connectivity index (χ3n) is 5.99. The number of benzene rings is 1. The third kappa shape index (κ3) is 4.13. The number of thiazole rings is 1. The lowest BCUT2D eigenvalue weighted by Crippen LogP contribution is -2.29. The van der Waals surface area contributed by atoms with E-state index in [0.29, 0.717) is 28.3 Å². The second-order valence-corrected chi connectivity index (χ2v) is 10.2. The molecule has 1 amide bonds. The number of ether oxygens (including phenoxy) is 1. The molecule has 1 N–H and O–H groups in total. The van der Waals surface area contributed by atoms with Crippen molar-refractivity contribution >= 4 is 61.5 Å². The molecule has 0 aliphatic carbocycles. The number of fused-ring (bicyclic) bond motifs is 1. The molecule has 0 bridgehead atoms. The van der Waals surface area contributed by atoms with Gasteiger partial charge in [-0.1, -0.05) is 45.5 Å². The fourth-order valence-electron chi connectivity index (χ4n) is 4.42. The van der Waals surface area contributed by atoms with Crippen molar-refractivity contribution in [1.29, 1.82) is 0 Å². The second kappa shape index (κ2) is 9.56. The standard InChI is InChI=1S/C26H21BrN4O5S/c1-4-36-25(35)23-14(3)29-26(37-23)31-20(15-8-7-9-16(27)12-15)18(22(33)24(31)34)21(32)19-13(2)28-17-10-5-6-11-30(17)19/h5-12,20,32H,4H2,1-3H3. The van der Waals surface area contributed by atoms with Crippen molar-refractivity contribution in [3.63, 3.8) is 0 Å². The van der Waals surface area contributed by atoms with E-state index < -0.39 is 23.7 Å². The minimum Gasteiger partial charge on any atom is -0.505 e. The number of Topliss-reactive ketones (excluding diaryl/α,β-unsaturated/α-hetero) is 1. The number of hydrogen-bond donors (Lipinski definition) is 1. The van der Waals surface area contributed by atoms with Crippen molar-refractivity contribution in [2.24, 2.45) is 0 Å². The predicted octanol–water partition coefficient (Wildman–Crippen LogP) is 4.97. The lowest BCUT2D eigenvalue weighted by Gasteiger charge is -2.23. The van der Waals surface area contributed by atoms with E-state index in [4.69, 9.17) is 4.74 Å². The molecule has 1 atom stereocenters. The van der Waals surface area contributed by atoms with Gasteiger partial charge in [-0.2, -0.15) is 0 Å². The molecular weight excluding hydrogens is 560 g/mol. The van der Waals surface area contributed by atoms with E-state index in [1.807, 2.05) is 12.1 Å². The van der Waals surface area contributed by atoms with E-state index >= 15 is 0 Å². The van der Waals surface area contributed by atoms with Crippen LogP contribution in [0, 0.1) is 13.8 Å². The maximum absolute atomic E-state index is 13.5. The van der Waals surface area contributed by atoms with Gasteiger partial charge in [-0.25, -0.2) is 14.8 Å². The van der Waals surface area contributed by atoms with Gasteiger partial charge in [0, 0.05) is 10.7 Å². The molecule has 9 nitrogen and oxygen atoms in total. The summed E-state index contributed by atoms with van der Waals surface area (Å²) in [7, 11) is 0. The Balaban J connectivity index is 1.75. The Bertz CT molecular complexity index is 1620. The first kappa shape index (κ1) is 24.8. The van der Waals surface area contributed by atoms with Crippen molar-refractivity contribution < 1.29 is 24.2 Å². The number of anilines is 1. The Kier molecular flexibility index (Phi) is 6.42. The molecule has 3 aromatic heterocycles. The van der Waals surface area contributed by atoms with Crippen LogP contribution in [0.15, 0.2) is 58.7 Å². The highest BCUT2D eigenvalue weighted by Crippen LogP contribution is 2.44. The van der Waals surface area contributed by atoms with E-state index in [9.17, 15) is 19.5 Å². The molecule has 1 unspecified atom stereocenters. The second-order valence-electron chi connectivity index (χ2n) is 8.33. The summed E-state index contributed by atoms with van der Waals surface area (Å²) in [6.45, 7) is 5.25. The Morgan fingerprint density at radius 3 is 2.65 bits per heavy atom. The molecule has 1 aliphatic heterocycles. The zero-order chi connectivity index (χ0) is 26.4. The first-order valence-electron chi connectivity index (χ1n) is 11.4. The van der Waals surface area contributed by atoms with Gasteiger partial charge in [0.1, 0.15) is 16.2 Å². The maximum atomic E-state index is 13.5. The number of amides is 1. The molecule has 5 rings (SSSR count). The van der Waals surface area contributed by atoms with Gasteiger partial charge in [0.15, 0.2) is 10.9 Å². The average Bonchev–Trinajstić information content (AvgIpc) is 3.49. The predicted molar refractivity (Wildman–Crippen MR) is 142 cm³/mol. The van der Waals surface area contributed by atoms with Crippen LogP contribution in [0.4, 0.5) is 5.13 Å². The van der Waals surface area contributed by atoms with Gasteiger partial charge in [0.05, 0.1) is 29.6 Å². The minimum atomic E-state index is -0.994. The molecule has 1 fully saturated rings. The number of rotatable bonds is 5. The van der Waals surface area contributed by atoms with E-state index in [1.165, 1.54) is 4.90 Å². The Hall–Kier alpha value is -3.83. The highest BCUT2D eigenvalue weighted by Gasteiger charge is 2.49. The summed E-state index contributed by atoms with van der Waals surface area (Å²) in [5, 5.41) is 11.7. The highest BCUT2D eigenvalue weighted by molar-refractivity contribution is 9.10. The lowest BCUT2D eigenvalue weighted by molar-refractivity contribution is -0.132. The number of aliphatic hydroxyl groups is 1. The van der Waals surface area contributed by atoms with Gasteiger partial charge in [-0.05, 0) is 50.6 Å².